The SMILES string of the molecule is CN(C(=O)CN1CCCCC1)c1ccc(C(=O)Nc2ccc(F)cc2C(=O)Nc2cc(Cl)ccn2)cc1. The van der Waals surface area contributed by atoms with Crippen LogP contribution in [0.2, 0.25) is 5.02 Å². The van der Waals surface area contributed by atoms with E-state index in [4.69, 9.17) is 11.6 Å². The van der Waals surface area contributed by atoms with Crippen molar-refractivity contribution in [2.24, 2.45) is 0 Å². The van der Waals surface area contributed by atoms with E-state index in [9.17, 15) is 18.8 Å². The number of piperidine rings is 1. The van der Waals surface area contributed by atoms with E-state index in [0.717, 1.165) is 38.1 Å². The summed E-state index contributed by atoms with van der Waals surface area (Å²) in [7, 11) is 1.71. The second-order valence-corrected chi connectivity index (χ2v) is 9.23. The summed E-state index contributed by atoms with van der Waals surface area (Å²) in [5, 5.41) is 5.58. The highest BCUT2D eigenvalue weighted by atomic mass is 35.5. The van der Waals surface area contributed by atoms with Gasteiger partial charge in [0.1, 0.15) is 11.6 Å². The fourth-order valence-corrected chi connectivity index (χ4v) is 4.22. The first-order valence-electron chi connectivity index (χ1n) is 11.9. The van der Waals surface area contributed by atoms with Crippen LogP contribution in [0.3, 0.4) is 0 Å². The molecule has 2 N–H and O–H groups in total. The van der Waals surface area contributed by atoms with Gasteiger partial charge in [0.15, 0.2) is 0 Å². The average Bonchev–Trinajstić information content (AvgIpc) is 2.90. The van der Waals surface area contributed by atoms with Gasteiger partial charge in [0.2, 0.25) is 5.91 Å². The Morgan fingerprint density at radius 2 is 1.70 bits per heavy atom. The van der Waals surface area contributed by atoms with Crippen molar-refractivity contribution in [1.82, 2.24) is 9.88 Å². The molecule has 0 radical (unpaired) electrons. The molecule has 1 fully saturated rings. The van der Waals surface area contributed by atoms with E-state index in [-0.39, 0.29) is 23.0 Å². The molecule has 0 unspecified atom stereocenters. The van der Waals surface area contributed by atoms with Crippen molar-refractivity contribution in [2.75, 3.05) is 42.2 Å². The number of pyridine rings is 1. The molecular formula is C27H27ClFN5O3. The molecule has 1 aliphatic rings. The fourth-order valence-electron chi connectivity index (χ4n) is 4.06. The zero-order valence-electron chi connectivity index (χ0n) is 20.3. The molecule has 1 aliphatic heterocycles. The molecule has 2 aromatic carbocycles. The number of likely N-dealkylation sites (N-methyl/N-ethyl adjacent to an activating group) is 1. The molecule has 3 amide bonds. The van der Waals surface area contributed by atoms with Crippen LogP contribution in [0.4, 0.5) is 21.6 Å². The normalized spacial score (nSPS) is 13.6. The summed E-state index contributed by atoms with van der Waals surface area (Å²) >= 11 is 5.93. The first kappa shape index (κ1) is 26.2. The highest BCUT2D eigenvalue weighted by molar-refractivity contribution is 6.30. The average molecular weight is 524 g/mol. The molecule has 1 aromatic heterocycles. The van der Waals surface area contributed by atoms with E-state index < -0.39 is 17.6 Å². The van der Waals surface area contributed by atoms with Gasteiger partial charge in [-0.3, -0.25) is 19.3 Å². The number of likely N-dealkylation sites (tertiary alicyclic amines) is 1. The Hall–Kier alpha value is -3.82. The van der Waals surface area contributed by atoms with Crippen LogP contribution in [0.5, 0.6) is 0 Å². The molecule has 3 aromatic rings. The second kappa shape index (κ2) is 11.9. The van der Waals surface area contributed by atoms with E-state index in [2.05, 4.69) is 20.5 Å². The first-order valence-corrected chi connectivity index (χ1v) is 12.3. The minimum atomic E-state index is -0.659. The second-order valence-electron chi connectivity index (χ2n) is 8.79. The van der Waals surface area contributed by atoms with Crippen LogP contribution in [-0.4, -0.2) is 54.3 Å². The smallest absolute Gasteiger partial charge is 0.259 e. The Balaban J connectivity index is 1.43. The monoisotopic (exact) mass is 523 g/mol. The lowest BCUT2D eigenvalue weighted by molar-refractivity contribution is -0.119. The summed E-state index contributed by atoms with van der Waals surface area (Å²) < 4.78 is 13.9. The van der Waals surface area contributed by atoms with Crippen molar-refractivity contribution in [2.45, 2.75) is 19.3 Å². The summed E-state index contributed by atoms with van der Waals surface area (Å²) in [4.78, 5) is 46.1. The van der Waals surface area contributed by atoms with Gasteiger partial charge in [-0.1, -0.05) is 18.0 Å². The number of nitrogens with zero attached hydrogens (tertiary/aromatic N) is 3. The maximum absolute atomic E-state index is 13.9. The van der Waals surface area contributed by atoms with Crippen LogP contribution >= 0.6 is 11.6 Å². The standard InChI is InChI=1S/C27H27ClFN5O3/c1-33(25(35)17-34-13-3-2-4-14-34)21-8-5-18(6-9-21)26(36)31-23-10-7-20(29)16-22(23)27(37)32-24-15-19(28)11-12-30-24/h5-12,15-16H,2-4,13-14,17H2,1H3,(H,31,36)(H,30,32,37). The van der Waals surface area contributed by atoms with Gasteiger partial charge in [0.25, 0.3) is 11.8 Å². The summed E-state index contributed by atoms with van der Waals surface area (Å²) in [6.07, 6.45) is 4.84. The number of carbonyl (C=O) groups is 3. The van der Waals surface area contributed by atoms with Crippen molar-refractivity contribution in [1.29, 1.82) is 0 Å². The molecule has 0 spiro atoms. The van der Waals surface area contributed by atoms with Gasteiger partial charge in [-0.25, -0.2) is 9.37 Å². The Bertz CT molecular complexity index is 1300. The molecule has 8 nitrogen and oxygen atoms in total. The minimum Gasteiger partial charge on any atom is -0.321 e. The van der Waals surface area contributed by atoms with Crippen molar-refractivity contribution < 1.29 is 18.8 Å². The number of hydrogen-bond acceptors (Lipinski definition) is 5. The number of aromatic nitrogens is 1. The summed E-state index contributed by atoms with van der Waals surface area (Å²) in [6.45, 7) is 2.22. The molecule has 0 atom stereocenters. The number of rotatable bonds is 7. The maximum Gasteiger partial charge on any atom is 0.259 e. The summed E-state index contributed by atoms with van der Waals surface area (Å²) in [5.41, 5.74) is 1.03. The van der Waals surface area contributed by atoms with Crippen molar-refractivity contribution in [3.8, 4) is 0 Å². The molecule has 37 heavy (non-hydrogen) atoms. The molecule has 0 bridgehead atoms. The molecule has 4 rings (SSSR count). The molecule has 0 aliphatic carbocycles. The van der Waals surface area contributed by atoms with E-state index in [1.165, 1.54) is 24.8 Å². The van der Waals surface area contributed by atoms with Gasteiger partial charge in [0.05, 0.1) is 17.8 Å². The molecular weight excluding hydrogens is 497 g/mol. The third-order valence-electron chi connectivity index (χ3n) is 6.14. The maximum atomic E-state index is 13.9. The fraction of sp³-hybridized carbons (Fsp3) is 0.259. The third kappa shape index (κ3) is 6.90. The molecule has 192 valence electrons. The Morgan fingerprint density at radius 3 is 2.41 bits per heavy atom. The summed E-state index contributed by atoms with van der Waals surface area (Å²) in [6, 6.07) is 13.1. The lowest BCUT2D eigenvalue weighted by Crippen LogP contribution is -2.40. The van der Waals surface area contributed by atoms with Crippen LogP contribution in [0, 0.1) is 5.82 Å². The number of hydrogen-bond donors (Lipinski definition) is 2. The first-order chi connectivity index (χ1) is 17.8. The van der Waals surface area contributed by atoms with Crippen LogP contribution in [0.25, 0.3) is 0 Å². The molecule has 0 saturated carbocycles. The van der Waals surface area contributed by atoms with Gasteiger partial charge in [-0.05, 0) is 80.5 Å². The van der Waals surface area contributed by atoms with Gasteiger partial charge in [0, 0.05) is 29.5 Å². The Morgan fingerprint density at radius 1 is 0.973 bits per heavy atom. The zero-order chi connectivity index (χ0) is 26.4. The Labute approximate surface area is 219 Å². The van der Waals surface area contributed by atoms with Crippen LogP contribution in [0.15, 0.2) is 60.8 Å². The number of carbonyl (C=O) groups excluding carboxylic acids is 3. The third-order valence-corrected chi connectivity index (χ3v) is 6.37. The van der Waals surface area contributed by atoms with Crippen molar-refractivity contribution in [3.05, 3.63) is 82.8 Å². The lowest BCUT2D eigenvalue weighted by Gasteiger charge is -2.28. The van der Waals surface area contributed by atoms with Gasteiger partial charge in [-0.15, -0.1) is 0 Å². The van der Waals surface area contributed by atoms with E-state index >= 15 is 0 Å². The minimum absolute atomic E-state index is 0.0183. The molecule has 2 heterocycles. The van der Waals surface area contributed by atoms with Gasteiger partial charge in [-0.2, -0.15) is 0 Å². The highest BCUT2D eigenvalue weighted by Crippen LogP contribution is 2.22. The predicted molar refractivity (Wildman–Crippen MR) is 142 cm³/mol. The zero-order valence-corrected chi connectivity index (χ0v) is 21.1. The Kier molecular flexibility index (Phi) is 8.47. The number of amides is 3. The van der Waals surface area contributed by atoms with Crippen LogP contribution in [-0.2, 0) is 4.79 Å². The highest BCUT2D eigenvalue weighted by Gasteiger charge is 2.19. The van der Waals surface area contributed by atoms with E-state index in [1.807, 2.05) is 0 Å². The van der Waals surface area contributed by atoms with Gasteiger partial charge < -0.3 is 15.5 Å². The molecule has 1 saturated heterocycles. The van der Waals surface area contributed by atoms with Crippen molar-refractivity contribution in [3.63, 3.8) is 0 Å². The van der Waals surface area contributed by atoms with Crippen LogP contribution in [0.1, 0.15) is 40.0 Å². The largest absolute Gasteiger partial charge is 0.321 e. The summed E-state index contributed by atoms with van der Waals surface area (Å²) in [5.74, 6) is -1.61. The molecule has 10 heteroatoms. The number of benzene rings is 2. The number of halogens is 2. The quantitative estimate of drug-likeness (QED) is 0.462. The van der Waals surface area contributed by atoms with Crippen LogP contribution < -0.4 is 15.5 Å². The number of anilines is 3. The topological polar surface area (TPSA) is 94.6 Å². The number of nitrogens with one attached hydrogen (secondary N) is 2. The lowest BCUT2D eigenvalue weighted by atomic mass is 10.1. The predicted octanol–water partition coefficient (Wildman–Crippen LogP) is 4.83. The van der Waals surface area contributed by atoms with Crippen molar-refractivity contribution >= 4 is 46.5 Å². The van der Waals surface area contributed by atoms with E-state index in [1.54, 1.807) is 42.3 Å². The van der Waals surface area contributed by atoms with Gasteiger partial charge >= 0.3 is 0 Å². The van der Waals surface area contributed by atoms with E-state index in [0.29, 0.717) is 22.8 Å².